The SMILES string of the molecule is COC(C)OCC[O-].COC(C)OCC[O-].COC(C)OCC[O-].[Al+3]. The van der Waals surface area contributed by atoms with Gasteiger partial charge in [0.1, 0.15) is 0 Å². The van der Waals surface area contributed by atoms with Crippen LogP contribution in [0.5, 0.6) is 0 Å². The van der Waals surface area contributed by atoms with E-state index in [1.54, 1.807) is 20.8 Å². The predicted octanol–water partition coefficient (Wildman–Crippen LogP) is -2.31. The maximum atomic E-state index is 9.77. The summed E-state index contributed by atoms with van der Waals surface area (Å²) in [4.78, 5) is 0. The molecule has 0 amide bonds. The third-order valence-electron chi connectivity index (χ3n) is 2.30. The molecule has 0 N–H and O–H groups in total. The topological polar surface area (TPSA) is 125 Å². The Bertz CT molecular complexity index is 180. The van der Waals surface area contributed by atoms with E-state index in [2.05, 4.69) is 0 Å². The first-order valence-corrected chi connectivity index (χ1v) is 7.60. The fraction of sp³-hybridized carbons (Fsp3) is 1.00. The van der Waals surface area contributed by atoms with Crippen molar-refractivity contribution in [3.05, 3.63) is 0 Å². The summed E-state index contributed by atoms with van der Waals surface area (Å²) in [6, 6.07) is 0. The molecule has 3 unspecified atom stereocenters. The van der Waals surface area contributed by atoms with Gasteiger partial charge in [-0.05, 0) is 20.8 Å². The summed E-state index contributed by atoms with van der Waals surface area (Å²) >= 11 is 0. The molecule has 0 rings (SSSR count). The molecule has 0 radical (unpaired) electrons. The van der Waals surface area contributed by atoms with Crippen molar-refractivity contribution in [1.29, 1.82) is 0 Å². The van der Waals surface area contributed by atoms with Crippen molar-refractivity contribution in [1.82, 2.24) is 0 Å². The zero-order chi connectivity index (χ0) is 19.2. The molecular formula is C15H33AlO9. The zero-order valence-corrected chi connectivity index (χ0v) is 17.4. The maximum Gasteiger partial charge on any atom is 3.00 e. The molecular weight excluding hydrogens is 351 g/mol. The van der Waals surface area contributed by atoms with Crippen molar-refractivity contribution in [2.45, 2.75) is 39.6 Å². The summed E-state index contributed by atoms with van der Waals surface area (Å²) in [6.45, 7) is 5.33. The van der Waals surface area contributed by atoms with E-state index < -0.39 is 0 Å². The first-order valence-electron chi connectivity index (χ1n) is 7.60. The average Bonchev–Trinajstić information content (AvgIpc) is 2.62. The number of rotatable bonds is 12. The van der Waals surface area contributed by atoms with Gasteiger partial charge < -0.3 is 43.7 Å². The summed E-state index contributed by atoms with van der Waals surface area (Å²) in [5.74, 6) is 0. The van der Waals surface area contributed by atoms with Crippen molar-refractivity contribution in [3.8, 4) is 0 Å². The number of methoxy groups -OCH3 is 3. The Kier molecular flexibility index (Phi) is 38.0. The molecule has 0 aromatic heterocycles. The normalized spacial score (nSPS) is 13.3. The monoisotopic (exact) mass is 384 g/mol. The molecule has 10 heteroatoms. The fourth-order valence-corrected chi connectivity index (χ4v) is 0.846. The van der Waals surface area contributed by atoms with Gasteiger partial charge in [-0.1, -0.05) is 0 Å². The van der Waals surface area contributed by atoms with Gasteiger partial charge in [0.05, 0.1) is 0 Å². The van der Waals surface area contributed by atoms with Crippen molar-refractivity contribution in [2.24, 2.45) is 0 Å². The second-order valence-electron chi connectivity index (χ2n) is 4.13. The first-order chi connectivity index (χ1) is 11.4. The van der Waals surface area contributed by atoms with Crippen LogP contribution in [0.3, 0.4) is 0 Å². The van der Waals surface area contributed by atoms with Crippen LogP contribution in [0.4, 0.5) is 0 Å². The molecule has 0 bridgehead atoms. The molecule has 0 heterocycles. The van der Waals surface area contributed by atoms with Crippen molar-refractivity contribution in [3.63, 3.8) is 0 Å². The zero-order valence-electron chi connectivity index (χ0n) is 16.2. The summed E-state index contributed by atoms with van der Waals surface area (Å²) < 4.78 is 28.5. The standard InChI is InChI=1S/3C5H11O3.Al/c3*1-5(7-2)8-4-3-6;/h3*5H,3-4H2,1-2H3;/q3*-1;+3. The summed E-state index contributed by atoms with van der Waals surface area (Å²) in [5.41, 5.74) is 0. The second kappa shape index (κ2) is 29.0. The molecule has 9 nitrogen and oxygen atoms in total. The fourth-order valence-electron chi connectivity index (χ4n) is 0.846. The molecule has 0 aromatic rings. The van der Waals surface area contributed by atoms with Crippen LogP contribution in [0.2, 0.25) is 0 Å². The van der Waals surface area contributed by atoms with Crippen LogP contribution < -0.4 is 15.3 Å². The van der Waals surface area contributed by atoms with Crippen LogP contribution in [-0.2, 0) is 28.4 Å². The number of hydrogen-bond donors (Lipinski definition) is 0. The number of hydrogen-bond acceptors (Lipinski definition) is 9. The van der Waals surface area contributed by atoms with Gasteiger partial charge in [-0.15, -0.1) is 19.8 Å². The van der Waals surface area contributed by atoms with E-state index in [0.29, 0.717) is 0 Å². The van der Waals surface area contributed by atoms with E-state index in [0.717, 1.165) is 0 Å². The Labute approximate surface area is 162 Å². The van der Waals surface area contributed by atoms with Gasteiger partial charge in [0, 0.05) is 41.2 Å². The quantitative estimate of drug-likeness (QED) is 0.269. The van der Waals surface area contributed by atoms with Crippen LogP contribution in [0, 0.1) is 0 Å². The largest absolute Gasteiger partial charge is 3.00 e. The van der Waals surface area contributed by atoms with Crippen LogP contribution in [0.1, 0.15) is 20.8 Å². The Morgan fingerprint density at radius 3 is 0.880 bits per heavy atom. The van der Waals surface area contributed by atoms with Gasteiger partial charge in [0.15, 0.2) is 18.9 Å². The van der Waals surface area contributed by atoms with E-state index in [1.165, 1.54) is 21.3 Å². The Hall–Kier alpha value is 0.172. The average molecular weight is 384 g/mol. The van der Waals surface area contributed by atoms with Gasteiger partial charge >= 0.3 is 17.4 Å². The Morgan fingerprint density at radius 1 is 0.560 bits per heavy atom. The molecule has 0 aliphatic heterocycles. The minimum absolute atomic E-state index is 0. The third-order valence-corrected chi connectivity index (χ3v) is 2.30. The van der Waals surface area contributed by atoms with Crippen molar-refractivity contribution < 1.29 is 43.7 Å². The van der Waals surface area contributed by atoms with Crippen molar-refractivity contribution in [2.75, 3.05) is 61.0 Å². The van der Waals surface area contributed by atoms with Gasteiger partial charge in [0.25, 0.3) is 0 Å². The minimum Gasteiger partial charge on any atom is -0.853 e. The van der Waals surface area contributed by atoms with Gasteiger partial charge in [-0.2, -0.15) is 0 Å². The molecule has 0 aromatic carbocycles. The van der Waals surface area contributed by atoms with Gasteiger partial charge in [-0.3, -0.25) is 0 Å². The Balaban J connectivity index is -0.000000130. The summed E-state index contributed by atoms with van der Waals surface area (Å²) in [7, 11) is 4.61. The van der Waals surface area contributed by atoms with E-state index in [4.69, 9.17) is 28.4 Å². The van der Waals surface area contributed by atoms with Crippen LogP contribution >= 0.6 is 0 Å². The molecule has 0 saturated carbocycles. The maximum absolute atomic E-state index is 9.77. The predicted molar refractivity (Wildman–Crippen MR) is 87.6 cm³/mol. The molecule has 25 heavy (non-hydrogen) atoms. The van der Waals surface area contributed by atoms with Crippen molar-refractivity contribution >= 4 is 17.4 Å². The van der Waals surface area contributed by atoms with E-state index >= 15 is 0 Å². The molecule has 0 aliphatic carbocycles. The van der Waals surface area contributed by atoms with Crippen LogP contribution in [0.15, 0.2) is 0 Å². The summed E-state index contributed by atoms with van der Waals surface area (Å²) in [6.07, 6.45) is -0.739. The van der Waals surface area contributed by atoms with Gasteiger partial charge in [0.2, 0.25) is 0 Å². The van der Waals surface area contributed by atoms with Crippen LogP contribution in [0.25, 0.3) is 0 Å². The molecule has 0 aliphatic rings. The third kappa shape index (κ3) is 36.0. The van der Waals surface area contributed by atoms with Crippen LogP contribution in [-0.4, -0.2) is 97.2 Å². The van der Waals surface area contributed by atoms with Gasteiger partial charge in [-0.25, -0.2) is 0 Å². The number of ether oxygens (including phenoxy) is 6. The minimum atomic E-state index is -0.246. The molecule has 3 atom stereocenters. The molecule has 150 valence electrons. The Morgan fingerprint density at radius 2 is 0.760 bits per heavy atom. The smallest absolute Gasteiger partial charge is 0.853 e. The second-order valence-corrected chi connectivity index (χ2v) is 4.13. The van der Waals surface area contributed by atoms with E-state index in [1.807, 2.05) is 0 Å². The molecule has 0 saturated heterocycles. The van der Waals surface area contributed by atoms with E-state index in [9.17, 15) is 15.3 Å². The molecule has 0 spiro atoms. The summed E-state index contributed by atoms with van der Waals surface area (Å²) in [5, 5.41) is 29.3. The first kappa shape index (κ1) is 32.8. The molecule has 0 fully saturated rings. The van der Waals surface area contributed by atoms with E-state index in [-0.39, 0.29) is 75.9 Å².